The maximum Gasteiger partial charge on any atom is 0.256 e. The summed E-state index contributed by atoms with van der Waals surface area (Å²) in [6.45, 7) is 4.93. The lowest BCUT2D eigenvalue weighted by atomic mass is 10.0. The molecule has 0 aliphatic carbocycles. The van der Waals surface area contributed by atoms with Crippen LogP contribution in [0.15, 0.2) is 41.8 Å². The average molecular weight is 518 g/mol. The van der Waals surface area contributed by atoms with E-state index in [0.29, 0.717) is 45.9 Å². The summed E-state index contributed by atoms with van der Waals surface area (Å²) in [4.78, 5) is 32.2. The molecule has 184 valence electrons. The van der Waals surface area contributed by atoms with Gasteiger partial charge in [0.15, 0.2) is 0 Å². The number of hydrogen-bond acceptors (Lipinski definition) is 7. The zero-order valence-electron chi connectivity index (χ0n) is 19.2. The van der Waals surface area contributed by atoms with Crippen LogP contribution in [0.4, 0.5) is 5.82 Å². The summed E-state index contributed by atoms with van der Waals surface area (Å²) < 4.78 is 10.7. The molecule has 0 spiro atoms. The molecule has 1 amide bonds. The molecule has 3 aromatic rings. The van der Waals surface area contributed by atoms with Crippen molar-refractivity contribution in [2.45, 2.75) is 18.5 Å². The van der Waals surface area contributed by atoms with Gasteiger partial charge in [-0.15, -0.1) is 0 Å². The number of piperidine rings is 1. The molecule has 35 heavy (non-hydrogen) atoms. The van der Waals surface area contributed by atoms with Crippen LogP contribution in [0, 0.1) is 0 Å². The van der Waals surface area contributed by atoms with Crippen molar-refractivity contribution in [2.75, 3.05) is 32.6 Å². The molecule has 2 aromatic heterocycles. The van der Waals surface area contributed by atoms with Crippen LogP contribution in [-0.2, 0) is 4.79 Å². The molecule has 1 saturated heterocycles. The number of aromatic amines is 1. The Morgan fingerprint density at radius 3 is 2.54 bits per heavy atom. The summed E-state index contributed by atoms with van der Waals surface area (Å²) >= 11 is 13.0. The summed E-state index contributed by atoms with van der Waals surface area (Å²) in [6.07, 6.45) is 3.60. The predicted octanol–water partition coefficient (Wildman–Crippen LogP) is 3.36. The molecule has 2 atom stereocenters. The fourth-order valence-electron chi connectivity index (χ4n) is 4.11. The number of halogens is 2. The summed E-state index contributed by atoms with van der Waals surface area (Å²) in [5.41, 5.74) is 0.454. The molecule has 4 rings (SSSR count). The summed E-state index contributed by atoms with van der Waals surface area (Å²) in [6, 6.07) is 4.78. The lowest BCUT2D eigenvalue weighted by molar-refractivity contribution is -0.117. The Bertz CT molecular complexity index is 1320. The number of anilines is 1. The minimum atomic E-state index is -0.338. The first-order chi connectivity index (χ1) is 16.9. The number of aromatic nitrogens is 2. The largest absolute Gasteiger partial charge is 0.495 e. The fraction of sp³-hybridized carbons (Fsp3) is 0.292. The van der Waals surface area contributed by atoms with E-state index in [1.165, 1.54) is 20.3 Å². The second-order valence-corrected chi connectivity index (χ2v) is 8.77. The van der Waals surface area contributed by atoms with Crippen LogP contribution in [0.5, 0.6) is 11.5 Å². The van der Waals surface area contributed by atoms with E-state index in [2.05, 4.69) is 32.5 Å². The third-order valence-electron chi connectivity index (χ3n) is 5.90. The molecular formula is C24H25Cl2N5O4. The Morgan fingerprint density at radius 2 is 1.89 bits per heavy atom. The highest BCUT2D eigenvalue weighted by Gasteiger charge is 2.26. The second kappa shape index (κ2) is 10.6. The topological polar surface area (TPSA) is 117 Å². The molecule has 1 aromatic carbocycles. The molecule has 1 fully saturated rings. The quantitative estimate of drug-likeness (QED) is 0.355. The SMILES string of the molecule is C=CC(=O)N[C@H]1CCNC[C@H]1Nc1cc2c(=O)[nH]c(-c3c(Cl)c(OC)cc(OC)c3Cl)cc2cn1. The molecule has 1 aliphatic rings. The molecule has 0 bridgehead atoms. The maximum absolute atomic E-state index is 13.1. The molecule has 0 saturated carbocycles. The number of nitrogens with zero attached hydrogens (tertiary/aromatic N) is 1. The van der Waals surface area contributed by atoms with Crippen molar-refractivity contribution in [3.8, 4) is 22.8 Å². The molecule has 1 aliphatic heterocycles. The second-order valence-electron chi connectivity index (χ2n) is 8.02. The molecule has 4 N–H and O–H groups in total. The zero-order chi connectivity index (χ0) is 25.1. The number of H-pyrrole nitrogens is 1. The Morgan fingerprint density at radius 1 is 1.17 bits per heavy atom. The molecule has 11 heteroatoms. The van der Waals surface area contributed by atoms with Crippen LogP contribution in [-0.4, -0.2) is 55.3 Å². The number of methoxy groups -OCH3 is 2. The first kappa shape index (κ1) is 24.8. The molecule has 0 radical (unpaired) electrons. The monoisotopic (exact) mass is 517 g/mol. The Labute approximate surface area is 211 Å². The third-order valence-corrected chi connectivity index (χ3v) is 6.65. The van der Waals surface area contributed by atoms with Gasteiger partial charge < -0.3 is 30.4 Å². The lowest BCUT2D eigenvalue weighted by Gasteiger charge is -2.33. The average Bonchev–Trinajstić information content (AvgIpc) is 2.86. The number of carbonyl (C=O) groups excluding carboxylic acids is 1. The van der Waals surface area contributed by atoms with Gasteiger partial charge in [0.2, 0.25) is 5.91 Å². The summed E-state index contributed by atoms with van der Waals surface area (Å²) in [5, 5.41) is 11.1. The van der Waals surface area contributed by atoms with Crippen molar-refractivity contribution < 1.29 is 14.3 Å². The first-order valence-electron chi connectivity index (χ1n) is 10.9. The number of nitrogens with one attached hydrogen (secondary N) is 4. The van der Waals surface area contributed by atoms with E-state index in [0.717, 1.165) is 13.0 Å². The van der Waals surface area contributed by atoms with Crippen molar-refractivity contribution in [3.05, 3.63) is 57.4 Å². The van der Waals surface area contributed by atoms with Crippen molar-refractivity contribution in [1.82, 2.24) is 20.6 Å². The van der Waals surface area contributed by atoms with Gasteiger partial charge in [0.1, 0.15) is 17.3 Å². The minimum absolute atomic E-state index is 0.104. The number of carbonyl (C=O) groups is 1. The van der Waals surface area contributed by atoms with Gasteiger partial charge in [-0.2, -0.15) is 0 Å². The molecule has 9 nitrogen and oxygen atoms in total. The fourth-order valence-corrected chi connectivity index (χ4v) is 4.81. The number of hydrogen-bond donors (Lipinski definition) is 4. The summed E-state index contributed by atoms with van der Waals surface area (Å²) in [5.74, 6) is 1.01. The van der Waals surface area contributed by atoms with E-state index >= 15 is 0 Å². The van der Waals surface area contributed by atoms with Gasteiger partial charge in [0.05, 0.1) is 47.4 Å². The van der Waals surface area contributed by atoms with Gasteiger partial charge in [-0.05, 0) is 31.2 Å². The lowest BCUT2D eigenvalue weighted by Crippen LogP contribution is -2.55. The van der Waals surface area contributed by atoms with E-state index in [9.17, 15) is 9.59 Å². The molecule has 3 heterocycles. The highest BCUT2D eigenvalue weighted by atomic mass is 35.5. The number of benzene rings is 1. The highest BCUT2D eigenvalue weighted by molar-refractivity contribution is 6.41. The standard InChI is InChI=1S/C24H25Cl2N5O4/c1-4-20(32)30-14-5-6-27-11-16(14)29-19-8-13-12(10-28-19)7-15(31-24(13)33)21-22(25)17(34-2)9-18(35-3)23(21)26/h4,7-10,14,16,27H,1,5-6,11H2,2-3H3,(H,28,29)(H,30,32)(H,31,33)/t14-,16+/m0/s1. The van der Waals surface area contributed by atoms with Crippen LogP contribution in [0.3, 0.4) is 0 Å². The van der Waals surface area contributed by atoms with E-state index in [1.54, 1.807) is 24.4 Å². The third kappa shape index (κ3) is 5.07. The van der Waals surface area contributed by atoms with Gasteiger partial charge in [0.25, 0.3) is 5.56 Å². The van der Waals surface area contributed by atoms with Crippen molar-refractivity contribution >= 4 is 45.7 Å². The molecular weight excluding hydrogens is 493 g/mol. The number of pyridine rings is 2. The van der Waals surface area contributed by atoms with Gasteiger partial charge in [-0.25, -0.2) is 4.98 Å². The summed E-state index contributed by atoms with van der Waals surface area (Å²) in [7, 11) is 2.96. The van der Waals surface area contributed by atoms with E-state index < -0.39 is 0 Å². The minimum Gasteiger partial charge on any atom is -0.495 e. The van der Waals surface area contributed by atoms with E-state index in [-0.39, 0.29) is 33.6 Å². The smallest absolute Gasteiger partial charge is 0.256 e. The van der Waals surface area contributed by atoms with Crippen LogP contribution in [0.2, 0.25) is 10.0 Å². The predicted molar refractivity (Wildman–Crippen MR) is 138 cm³/mol. The zero-order valence-corrected chi connectivity index (χ0v) is 20.7. The maximum atomic E-state index is 13.1. The number of fused-ring (bicyclic) bond motifs is 1. The van der Waals surface area contributed by atoms with Gasteiger partial charge >= 0.3 is 0 Å². The van der Waals surface area contributed by atoms with Crippen molar-refractivity contribution in [3.63, 3.8) is 0 Å². The highest BCUT2D eigenvalue weighted by Crippen LogP contribution is 2.45. The Kier molecular flexibility index (Phi) is 7.49. The van der Waals surface area contributed by atoms with Crippen LogP contribution < -0.4 is 31.0 Å². The van der Waals surface area contributed by atoms with Crippen molar-refractivity contribution in [1.29, 1.82) is 0 Å². The van der Waals surface area contributed by atoms with E-state index in [4.69, 9.17) is 32.7 Å². The van der Waals surface area contributed by atoms with Gasteiger partial charge in [-0.3, -0.25) is 9.59 Å². The van der Waals surface area contributed by atoms with Crippen LogP contribution in [0.1, 0.15) is 6.42 Å². The first-order valence-corrected chi connectivity index (χ1v) is 11.7. The number of ether oxygens (including phenoxy) is 2. The molecule has 0 unspecified atom stereocenters. The van der Waals surface area contributed by atoms with Gasteiger partial charge in [0, 0.05) is 29.8 Å². The van der Waals surface area contributed by atoms with E-state index in [1.807, 2.05) is 0 Å². The van der Waals surface area contributed by atoms with Crippen LogP contribution >= 0.6 is 23.2 Å². The Hall–Kier alpha value is -3.27. The van der Waals surface area contributed by atoms with Gasteiger partial charge in [-0.1, -0.05) is 29.8 Å². The number of rotatable bonds is 7. The van der Waals surface area contributed by atoms with Crippen molar-refractivity contribution in [2.24, 2.45) is 0 Å². The normalized spacial score (nSPS) is 17.6. The van der Waals surface area contributed by atoms with Crippen LogP contribution in [0.25, 0.3) is 22.0 Å². The Balaban J connectivity index is 1.69. The number of amides is 1.